The second-order valence-electron chi connectivity index (χ2n) is 5.47. The standard InChI is InChI=1S/C15H15N5O3/c1-18-14(5-6-17-18)15(23-2)9-19(10-15)12-4-3-11(8-16)7-13(12)20(21)22/h3-7H,9-10H2,1-2H3. The SMILES string of the molecule is COC1(c2ccnn2C)CN(c2ccc(C#N)cc2[N+](=O)[O-])C1. The van der Waals surface area contributed by atoms with Crippen LogP contribution in [0.15, 0.2) is 30.5 Å². The molecule has 0 bridgehead atoms. The van der Waals surface area contributed by atoms with Gasteiger partial charge >= 0.3 is 0 Å². The summed E-state index contributed by atoms with van der Waals surface area (Å²) in [6.07, 6.45) is 1.70. The fourth-order valence-corrected chi connectivity index (χ4v) is 2.96. The lowest BCUT2D eigenvalue weighted by molar-refractivity contribution is -0.384. The normalized spacial score (nSPS) is 15.8. The van der Waals surface area contributed by atoms with Gasteiger partial charge in [-0.3, -0.25) is 14.8 Å². The number of nitro benzene ring substituents is 1. The van der Waals surface area contributed by atoms with Crippen LogP contribution in [0.25, 0.3) is 0 Å². The van der Waals surface area contributed by atoms with E-state index < -0.39 is 10.5 Å². The zero-order chi connectivity index (χ0) is 16.6. The van der Waals surface area contributed by atoms with Crippen LogP contribution < -0.4 is 4.90 Å². The van der Waals surface area contributed by atoms with Gasteiger partial charge in [-0.2, -0.15) is 10.4 Å². The Morgan fingerprint density at radius 1 is 1.43 bits per heavy atom. The minimum atomic E-state index is -0.535. The second-order valence-corrected chi connectivity index (χ2v) is 5.47. The van der Waals surface area contributed by atoms with Crippen LogP contribution in [0, 0.1) is 21.4 Å². The number of aryl methyl sites for hydroxylation is 1. The molecule has 1 aliphatic rings. The molecule has 1 aromatic heterocycles. The number of rotatable bonds is 4. The Kier molecular flexibility index (Phi) is 3.50. The lowest BCUT2D eigenvalue weighted by atomic mass is 9.89. The van der Waals surface area contributed by atoms with E-state index in [9.17, 15) is 10.1 Å². The number of benzene rings is 1. The van der Waals surface area contributed by atoms with Gasteiger partial charge in [0.05, 0.1) is 35.3 Å². The number of nitro groups is 1. The van der Waals surface area contributed by atoms with Crippen molar-refractivity contribution in [2.75, 3.05) is 25.1 Å². The molecule has 8 heteroatoms. The summed E-state index contributed by atoms with van der Waals surface area (Å²) in [4.78, 5) is 12.7. The predicted octanol–water partition coefficient (Wildman–Crippen LogP) is 1.56. The van der Waals surface area contributed by atoms with E-state index in [0.29, 0.717) is 18.8 Å². The highest BCUT2D eigenvalue weighted by Gasteiger charge is 2.48. The Hall–Kier alpha value is -2.92. The van der Waals surface area contributed by atoms with E-state index in [1.165, 1.54) is 6.07 Å². The van der Waals surface area contributed by atoms with Gasteiger partial charge in [-0.15, -0.1) is 0 Å². The number of methoxy groups -OCH3 is 1. The highest BCUT2D eigenvalue weighted by atomic mass is 16.6. The van der Waals surface area contributed by atoms with E-state index in [1.54, 1.807) is 30.1 Å². The van der Waals surface area contributed by atoms with Gasteiger partial charge in [0, 0.05) is 26.4 Å². The second kappa shape index (κ2) is 5.37. The summed E-state index contributed by atoms with van der Waals surface area (Å²) in [5, 5.41) is 24.3. The van der Waals surface area contributed by atoms with E-state index in [4.69, 9.17) is 10.00 Å². The summed E-state index contributed by atoms with van der Waals surface area (Å²) in [7, 11) is 3.46. The van der Waals surface area contributed by atoms with Crippen molar-refractivity contribution >= 4 is 11.4 Å². The van der Waals surface area contributed by atoms with Gasteiger partial charge in [0.1, 0.15) is 11.3 Å². The number of aromatic nitrogens is 2. The maximum absolute atomic E-state index is 11.3. The highest BCUT2D eigenvalue weighted by molar-refractivity contribution is 5.67. The predicted molar refractivity (Wildman–Crippen MR) is 81.9 cm³/mol. The molecule has 1 saturated heterocycles. The van der Waals surface area contributed by atoms with Crippen molar-refractivity contribution in [1.82, 2.24) is 9.78 Å². The van der Waals surface area contributed by atoms with Gasteiger partial charge in [0.25, 0.3) is 5.69 Å². The van der Waals surface area contributed by atoms with Crippen molar-refractivity contribution in [2.24, 2.45) is 7.05 Å². The van der Waals surface area contributed by atoms with Crippen LogP contribution >= 0.6 is 0 Å². The molecule has 0 spiro atoms. The molecule has 0 atom stereocenters. The molecule has 0 unspecified atom stereocenters. The number of ether oxygens (including phenoxy) is 1. The largest absolute Gasteiger partial charge is 0.368 e. The molecule has 2 heterocycles. The lowest BCUT2D eigenvalue weighted by Crippen LogP contribution is -2.61. The average molecular weight is 313 g/mol. The Balaban J connectivity index is 1.91. The first-order valence-electron chi connectivity index (χ1n) is 6.98. The quantitative estimate of drug-likeness (QED) is 0.627. The zero-order valence-corrected chi connectivity index (χ0v) is 12.8. The third-order valence-corrected chi connectivity index (χ3v) is 4.21. The van der Waals surface area contributed by atoms with Crippen LogP contribution in [0.2, 0.25) is 0 Å². The number of nitriles is 1. The summed E-state index contributed by atoms with van der Waals surface area (Å²) < 4.78 is 7.42. The van der Waals surface area contributed by atoms with Gasteiger partial charge in [0.15, 0.2) is 0 Å². The van der Waals surface area contributed by atoms with Gasteiger partial charge in [-0.05, 0) is 18.2 Å². The molecule has 0 aliphatic carbocycles. The molecule has 3 rings (SSSR count). The van der Waals surface area contributed by atoms with Crippen LogP contribution in [-0.2, 0) is 17.4 Å². The molecule has 2 aromatic rings. The Morgan fingerprint density at radius 2 is 2.17 bits per heavy atom. The summed E-state index contributed by atoms with van der Waals surface area (Å²) in [5.74, 6) is 0. The van der Waals surface area contributed by atoms with Gasteiger partial charge in [-0.25, -0.2) is 0 Å². The molecule has 0 N–H and O–H groups in total. The first-order chi connectivity index (χ1) is 11.0. The molecule has 0 radical (unpaired) electrons. The third-order valence-electron chi connectivity index (χ3n) is 4.21. The zero-order valence-electron chi connectivity index (χ0n) is 12.8. The van der Waals surface area contributed by atoms with Gasteiger partial charge in [0.2, 0.25) is 0 Å². The molecular weight excluding hydrogens is 298 g/mol. The van der Waals surface area contributed by atoms with Crippen LogP contribution in [0.1, 0.15) is 11.3 Å². The van der Waals surface area contributed by atoms with E-state index in [2.05, 4.69) is 5.10 Å². The Labute approximate surface area is 132 Å². The molecule has 118 valence electrons. The molecule has 1 aliphatic heterocycles. The monoisotopic (exact) mass is 313 g/mol. The van der Waals surface area contributed by atoms with Gasteiger partial charge < -0.3 is 9.64 Å². The summed E-state index contributed by atoms with van der Waals surface area (Å²) in [6.45, 7) is 0.964. The average Bonchev–Trinajstić information content (AvgIpc) is 2.93. The fourth-order valence-electron chi connectivity index (χ4n) is 2.96. The number of nitrogens with zero attached hydrogens (tertiary/aromatic N) is 5. The smallest absolute Gasteiger partial charge is 0.293 e. The van der Waals surface area contributed by atoms with E-state index in [0.717, 1.165) is 5.69 Å². The van der Waals surface area contributed by atoms with E-state index in [1.807, 2.05) is 24.1 Å². The summed E-state index contributed by atoms with van der Waals surface area (Å²) in [5.41, 5.74) is 1.08. The van der Waals surface area contributed by atoms with E-state index >= 15 is 0 Å². The number of hydrogen-bond donors (Lipinski definition) is 0. The van der Waals surface area contributed by atoms with Crippen molar-refractivity contribution in [3.8, 4) is 6.07 Å². The molecule has 23 heavy (non-hydrogen) atoms. The van der Waals surface area contributed by atoms with Crippen molar-refractivity contribution < 1.29 is 9.66 Å². The molecule has 8 nitrogen and oxygen atoms in total. The topological polar surface area (TPSA) is 97.2 Å². The van der Waals surface area contributed by atoms with Crippen LogP contribution in [0.4, 0.5) is 11.4 Å². The highest BCUT2D eigenvalue weighted by Crippen LogP contribution is 2.41. The summed E-state index contributed by atoms with van der Waals surface area (Å²) >= 11 is 0. The van der Waals surface area contributed by atoms with Crippen molar-refractivity contribution in [1.29, 1.82) is 5.26 Å². The number of hydrogen-bond acceptors (Lipinski definition) is 6. The van der Waals surface area contributed by atoms with Crippen LogP contribution in [0.3, 0.4) is 0 Å². The first-order valence-corrected chi connectivity index (χ1v) is 6.98. The van der Waals surface area contributed by atoms with Crippen molar-refractivity contribution in [3.05, 3.63) is 51.8 Å². The summed E-state index contributed by atoms with van der Waals surface area (Å²) in [6, 6.07) is 8.30. The fraction of sp³-hybridized carbons (Fsp3) is 0.333. The maximum atomic E-state index is 11.3. The Morgan fingerprint density at radius 3 is 2.70 bits per heavy atom. The van der Waals surface area contributed by atoms with Crippen LogP contribution in [0.5, 0.6) is 0 Å². The first kappa shape index (κ1) is 15.0. The van der Waals surface area contributed by atoms with Crippen LogP contribution in [-0.4, -0.2) is 34.9 Å². The third kappa shape index (κ3) is 2.31. The molecule has 0 amide bonds. The van der Waals surface area contributed by atoms with Gasteiger partial charge in [-0.1, -0.05) is 0 Å². The maximum Gasteiger partial charge on any atom is 0.293 e. The minimum Gasteiger partial charge on any atom is -0.368 e. The minimum absolute atomic E-state index is 0.0706. The van der Waals surface area contributed by atoms with Crippen molar-refractivity contribution in [2.45, 2.75) is 5.60 Å². The number of anilines is 1. The lowest BCUT2D eigenvalue weighted by Gasteiger charge is -2.49. The Bertz CT molecular complexity index is 802. The molecule has 0 saturated carbocycles. The van der Waals surface area contributed by atoms with E-state index in [-0.39, 0.29) is 11.3 Å². The molecular formula is C15H15N5O3. The van der Waals surface area contributed by atoms with Crippen molar-refractivity contribution in [3.63, 3.8) is 0 Å². The molecule has 1 fully saturated rings. The molecule has 1 aromatic carbocycles.